The number of phenolic OH excluding ortho intramolecular Hbond substituents is 1. The zero-order valence-electron chi connectivity index (χ0n) is 10.2. The third kappa shape index (κ3) is 2.69. The number of hydrogen-bond donors (Lipinski definition) is 3. The second-order valence-corrected chi connectivity index (χ2v) is 5.55. The van der Waals surface area contributed by atoms with Crippen LogP contribution in [0, 0.1) is 17.0 Å². The summed E-state index contributed by atoms with van der Waals surface area (Å²) >= 11 is 0. The highest BCUT2D eigenvalue weighted by Gasteiger charge is 2.19. The highest BCUT2D eigenvalue weighted by molar-refractivity contribution is 7.92. The fourth-order valence-corrected chi connectivity index (χ4v) is 2.50. The molecule has 0 spiro atoms. The quantitative estimate of drug-likeness (QED) is 0.439. The number of aromatic amines is 1. The molecule has 0 fully saturated rings. The monoisotopic (exact) mass is 298 g/mol. The van der Waals surface area contributed by atoms with Gasteiger partial charge in [-0.2, -0.15) is 8.42 Å². The van der Waals surface area contributed by atoms with E-state index in [-0.39, 0.29) is 16.4 Å². The van der Waals surface area contributed by atoms with Crippen molar-refractivity contribution in [2.45, 2.75) is 11.9 Å². The largest absolute Gasteiger partial charge is 0.505 e. The number of rotatable bonds is 4. The molecular weight excluding hydrogens is 288 g/mol. The van der Waals surface area contributed by atoms with Gasteiger partial charge in [-0.15, -0.1) is 0 Å². The lowest BCUT2D eigenvalue weighted by atomic mass is 10.3. The van der Waals surface area contributed by atoms with Gasteiger partial charge in [0.05, 0.1) is 22.9 Å². The van der Waals surface area contributed by atoms with Gasteiger partial charge in [0, 0.05) is 6.07 Å². The van der Waals surface area contributed by atoms with Crippen LogP contribution in [0.1, 0.15) is 5.82 Å². The smallest absolute Gasteiger partial charge is 0.279 e. The Balaban J connectivity index is 2.32. The highest BCUT2D eigenvalue weighted by Crippen LogP contribution is 2.29. The molecule has 20 heavy (non-hydrogen) atoms. The molecule has 0 atom stereocenters. The first kappa shape index (κ1) is 13.8. The Kier molecular flexibility index (Phi) is 3.32. The number of nitro benzene ring substituents is 1. The van der Waals surface area contributed by atoms with Crippen molar-refractivity contribution in [3.63, 3.8) is 0 Å². The number of aryl methyl sites for hydroxylation is 1. The van der Waals surface area contributed by atoms with Gasteiger partial charge in [0.2, 0.25) is 0 Å². The van der Waals surface area contributed by atoms with Crippen LogP contribution >= 0.6 is 0 Å². The zero-order chi connectivity index (χ0) is 14.9. The number of nitrogens with zero attached hydrogens (tertiary/aromatic N) is 2. The average Bonchev–Trinajstić information content (AvgIpc) is 2.79. The Hall–Kier alpha value is -2.62. The molecule has 0 radical (unpaired) electrons. The van der Waals surface area contributed by atoms with Crippen molar-refractivity contribution in [1.82, 2.24) is 9.97 Å². The molecule has 0 aliphatic rings. The van der Waals surface area contributed by atoms with Crippen LogP contribution in [0.3, 0.4) is 0 Å². The summed E-state index contributed by atoms with van der Waals surface area (Å²) in [4.78, 5) is 16.1. The van der Waals surface area contributed by atoms with Crippen LogP contribution in [-0.4, -0.2) is 28.4 Å². The maximum atomic E-state index is 12.0. The van der Waals surface area contributed by atoms with Crippen molar-refractivity contribution in [2.24, 2.45) is 0 Å². The summed E-state index contributed by atoms with van der Waals surface area (Å²) in [6, 6.07) is 3.04. The van der Waals surface area contributed by atoms with E-state index in [2.05, 4.69) is 14.7 Å². The van der Waals surface area contributed by atoms with Crippen LogP contribution in [-0.2, 0) is 10.0 Å². The second-order valence-electron chi connectivity index (χ2n) is 3.90. The van der Waals surface area contributed by atoms with E-state index >= 15 is 0 Å². The first-order valence-corrected chi connectivity index (χ1v) is 6.80. The molecule has 2 rings (SSSR count). The highest BCUT2D eigenvalue weighted by atomic mass is 32.2. The molecule has 106 valence electrons. The van der Waals surface area contributed by atoms with Crippen molar-refractivity contribution < 1.29 is 18.4 Å². The van der Waals surface area contributed by atoms with Gasteiger partial charge in [0.15, 0.2) is 5.03 Å². The summed E-state index contributed by atoms with van der Waals surface area (Å²) in [6.07, 6.45) is 1.13. The lowest BCUT2D eigenvalue weighted by Gasteiger charge is -2.07. The zero-order valence-corrected chi connectivity index (χ0v) is 11.0. The third-order valence-corrected chi connectivity index (χ3v) is 3.68. The molecule has 0 bridgehead atoms. The standard InChI is InChI=1S/C10H10N4O5S/c1-6-11-5-10(12-6)20(18,19)13-8-3-2-7(14(16)17)4-9(8)15/h2-5,13,15H,1H3,(H,11,12). The fourth-order valence-electron chi connectivity index (χ4n) is 1.45. The average molecular weight is 298 g/mol. The summed E-state index contributed by atoms with van der Waals surface area (Å²) in [5.74, 6) is -0.127. The summed E-state index contributed by atoms with van der Waals surface area (Å²) in [6.45, 7) is 1.59. The molecule has 1 heterocycles. The van der Waals surface area contributed by atoms with Crippen molar-refractivity contribution in [1.29, 1.82) is 0 Å². The summed E-state index contributed by atoms with van der Waals surface area (Å²) in [5, 5.41) is 19.9. The van der Waals surface area contributed by atoms with Crippen molar-refractivity contribution >= 4 is 21.4 Å². The fraction of sp³-hybridized carbons (Fsp3) is 0.100. The van der Waals surface area contributed by atoms with Gasteiger partial charge in [-0.1, -0.05) is 0 Å². The van der Waals surface area contributed by atoms with E-state index in [1.54, 1.807) is 6.92 Å². The molecule has 0 aliphatic carbocycles. The van der Waals surface area contributed by atoms with Gasteiger partial charge < -0.3 is 10.1 Å². The Labute approximate surface area is 113 Å². The SMILES string of the molecule is Cc1ncc(S(=O)(=O)Nc2ccc([N+](=O)[O-])cc2O)[nH]1. The van der Waals surface area contributed by atoms with Crippen molar-refractivity contribution in [2.75, 3.05) is 4.72 Å². The topological polar surface area (TPSA) is 138 Å². The summed E-state index contributed by atoms with van der Waals surface area (Å²) < 4.78 is 26.0. The molecule has 0 saturated heterocycles. The van der Waals surface area contributed by atoms with Crippen LogP contribution in [0.5, 0.6) is 5.75 Å². The van der Waals surface area contributed by atoms with Crippen LogP contribution in [0.4, 0.5) is 11.4 Å². The minimum Gasteiger partial charge on any atom is -0.505 e. The first-order chi connectivity index (χ1) is 9.29. The number of aromatic hydroxyl groups is 1. The number of sulfonamides is 1. The number of H-pyrrole nitrogens is 1. The van der Waals surface area contributed by atoms with E-state index in [4.69, 9.17) is 0 Å². The number of aromatic nitrogens is 2. The van der Waals surface area contributed by atoms with E-state index in [0.29, 0.717) is 5.82 Å². The summed E-state index contributed by atoms with van der Waals surface area (Å²) in [7, 11) is -3.95. The van der Waals surface area contributed by atoms with Gasteiger partial charge in [0.1, 0.15) is 11.6 Å². The first-order valence-electron chi connectivity index (χ1n) is 5.31. The summed E-state index contributed by atoms with van der Waals surface area (Å²) in [5.41, 5.74) is -0.509. The van der Waals surface area contributed by atoms with E-state index < -0.39 is 20.7 Å². The van der Waals surface area contributed by atoms with E-state index in [9.17, 15) is 23.6 Å². The normalized spacial score (nSPS) is 11.2. The predicted molar refractivity (Wildman–Crippen MR) is 68.9 cm³/mol. The molecule has 3 N–H and O–H groups in total. The molecule has 0 amide bonds. The maximum Gasteiger partial charge on any atom is 0.279 e. The van der Waals surface area contributed by atoms with Gasteiger partial charge in [-0.25, -0.2) is 4.98 Å². The van der Waals surface area contributed by atoms with E-state index in [1.807, 2.05) is 0 Å². The van der Waals surface area contributed by atoms with Crippen LogP contribution in [0.15, 0.2) is 29.4 Å². The molecule has 10 heteroatoms. The molecule has 0 saturated carbocycles. The lowest BCUT2D eigenvalue weighted by Crippen LogP contribution is -2.13. The predicted octanol–water partition coefficient (Wildman–Crippen LogP) is 1.13. The maximum absolute atomic E-state index is 12.0. The van der Waals surface area contributed by atoms with Gasteiger partial charge >= 0.3 is 0 Å². The molecule has 0 aliphatic heterocycles. The number of hydrogen-bond acceptors (Lipinski definition) is 6. The van der Waals surface area contributed by atoms with Crippen molar-refractivity contribution in [3.8, 4) is 5.75 Å². The van der Waals surface area contributed by atoms with Gasteiger partial charge in [-0.05, 0) is 13.0 Å². The third-order valence-electron chi connectivity index (χ3n) is 2.41. The minimum absolute atomic E-state index is 0.164. The van der Waals surface area contributed by atoms with Crippen LogP contribution in [0.25, 0.3) is 0 Å². The van der Waals surface area contributed by atoms with Gasteiger partial charge in [-0.3, -0.25) is 14.8 Å². The number of phenols is 1. The molecule has 1 aromatic heterocycles. The Morgan fingerprint density at radius 3 is 2.65 bits per heavy atom. The number of nitro groups is 1. The number of imidazole rings is 1. The second kappa shape index (κ2) is 4.81. The van der Waals surface area contributed by atoms with E-state index in [0.717, 1.165) is 24.4 Å². The van der Waals surface area contributed by atoms with Gasteiger partial charge in [0.25, 0.3) is 15.7 Å². The Bertz CT molecular complexity index is 768. The number of nitrogens with one attached hydrogen (secondary N) is 2. The Morgan fingerprint density at radius 1 is 1.45 bits per heavy atom. The van der Waals surface area contributed by atoms with Crippen LogP contribution in [0.2, 0.25) is 0 Å². The number of non-ortho nitro benzene ring substituents is 1. The molecular formula is C10H10N4O5S. The number of anilines is 1. The molecule has 1 aromatic carbocycles. The van der Waals surface area contributed by atoms with E-state index in [1.165, 1.54) is 0 Å². The molecule has 2 aromatic rings. The minimum atomic E-state index is -3.95. The molecule has 0 unspecified atom stereocenters. The van der Waals surface area contributed by atoms with Crippen molar-refractivity contribution in [3.05, 3.63) is 40.3 Å². The van der Waals surface area contributed by atoms with Crippen LogP contribution < -0.4 is 4.72 Å². The molecule has 9 nitrogen and oxygen atoms in total. The number of benzene rings is 1. The Morgan fingerprint density at radius 2 is 2.15 bits per heavy atom. The lowest BCUT2D eigenvalue weighted by molar-refractivity contribution is -0.384.